The van der Waals surface area contributed by atoms with Crippen molar-refractivity contribution in [2.24, 2.45) is 5.11 Å². The molecule has 0 bridgehead atoms. The summed E-state index contributed by atoms with van der Waals surface area (Å²) in [6.45, 7) is 0.387. The number of hydrogen-bond donors (Lipinski definition) is 1. The van der Waals surface area contributed by atoms with Crippen LogP contribution in [0.15, 0.2) is 35.5 Å². The fourth-order valence-electron chi connectivity index (χ4n) is 1.07. The maximum absolute atomic E-state index is 8.88. The molecule has 0 aromatic heterocycles. The van der Waals surface area contributed by atoms with Gasteiger partial charge >= 0.3 is 0 Å². The standard InChI is InChI=1S/C10H11N3O/c11-13-12-6-2-5-9-3-1-4-10(7-9)8-14/h1-5,7,14H,6,8H2. The van der Waals surface area contributed by atoms with Gasteiger partial charge in [0, 0.05) is 11.5 Å². The molecular weight excluding hydrogens is 178 g/mol. The Labute approximate surface area is 82.1 Å². The second kappa shape index (κ2) is 5.80. The quantitative estimate of drug-likeness (QED) is 0.441. The minimum Gasteiger partial charge on any atom is -0.392 e. The average molecular weight is 189 g/mol. The van der Waals surface area contributed by atoms with Gasteiger partial charge < -0.3 is 5.11 Å². The second-order valence-electron chi connectivity index (χ2n) is 2.72. The molecule has 1 N–H and O–H groups in total. The monoisotopic (exact) mass is 189 g/mol. The van der Waals surface area contributed by atoms with Gasteiger partial charge in [-0.15, -0.1) is 0 Å². The SMILES string of the molecule is [N-]=[N+]=NCC=Cc1cccc(CO)c1. The summed E-state index contributed by atoms with van der Waals surface area (Å²) >= 11 is 0. The molecule has 0 amide bonds. The summed E-state index contributed by atoms with van der Waals surface area (Å²) < 4.78 is 0. The summed E-state index contributed by atoms with van der Waals surface area (Å²) in [6, 6.07) is 7.53. The summed E-state index contributed by atoms with van der Waals surface area (Å²) in [4.78, 5) is 2.63. The van der Waals surface area contributed by atoms with Crippen LogP contribution in [0.5, 0.6) is 0 Å². The van der Waals surface area contributed by atoms with Gasteiger partial charge in [0.05, 0.1) is 6.61 Å². The van der Waals surface area contributed by atoms with E-state index in [4.69, 9.17) is 10.6 Å². The van der Waals surface area contributed by atoms with Crippen molar-refractivity contribution in [3.63, 3.8) is 0 Å². The predicted octanol–water partition coefficient (Wildman–Crippen LogP) is 2.50. The summed E-state index contributed by atoms with van der Waals surface area (Å²) in [5, 5.41) is 12.3. The Bertz CT molecular complexity index is 367. The number of azide groups is 1. The Morgan fingerprint density at radius 1 is 1.50 bits per heavy atom. The van der Waals surface area contributed by atoms with Gasteiger partial charge in [0.2, 0.25) is 0 Å². The number of aliphatic hydroxyl groups excluding tert-OH is 1. The number of nitrogens with zero attached hydrogens (tertiary/aromatic N) is 3. The molecular formula is C10H11N3O. The third kappa shape index (κ3) is 3.31. The van der Waals surface area contributed by atoms with E-state index in [0.29, 0.717) is 6.54 Å². The molecule has 0 spiro atoms. The molecule has 1 rings (SSSR count). The molecule has 0 radical (unpaired) electrons. The number of rotatable bonds is 4. The lowest BCUT2D eigenvalue weighted by atomic mass is 10.1. The minimum atomic E-state index is 0.0397. The van der Waals surface area contributed by atoms with Gasteiger partial charge in [-0.25, -0.2) is 0 Å². The molecule has 0 aliphatic heterocycles. The number of aliphatic hydroxyl groups is 1. The van der Waals surface area contributed by atoms with Crippen LogP contribution >= 0.6 is 0 Å². The molecule has 4 nitrogen and oxygen atoms in total. The van der Waals surface area contributed by atoms with Crippen LogP contribution in [0.3, 0.4) is 0 Å². The van der Waals surface area contributed by atoms with E-state index in [1.54, 1.807) is 6.08 Å². The Hall–Kier alpha value is -1.77. The molecule has 0 aliphatic carbocycles. The second-order valence-corrected chi connectivity index (χ2v) is 2.72. The molecule has 0 heterocycles. The summed E-state index contributed by atoms with van der Waals surface area (Å²) in [5.41, 5.74) is 9.90. The van der Waals surface area contributed by atoms with Gasteiger partial charge in [0.15, 0.2) is 0 Å². The van der Waals surface area contributed by atoms with Gasteiger partial charge in [-0.2, -0.15) is 0 Å². The van der Waals surface area contributed by atoms with Crippen molar-refractivity contribution in [2.45, 2.75) is 6.61 Å². The van der Waals surface area contributed by atoms with Gasteiger partial charge in [-0.1, -0.05) is 35.5 Å². The Balaban J connectivity index is 2.66. The Kier molecular flexibility index (Phi) is 4.27. The highest BCUT2D eigenvalue weighted by atomic mass is 16.3. The lowest BCUT2D eigenvalue weighted by Crippen LogP contribution is -1.82. The predicted molar refractivity (Wildman–Crippen MR) is 55.4 cm³/mol. The molecule has 0 aliphatic rings. The minimum absolute atomic E-state index is 0.0397. The molecule has 72 valence electrons. The van der Waals surface area contributed by atoms with Crippen LogP contribution in [0.4, 0.5) is 0 Å². The Morgan fingerprint density at radius 3 is 3.07 bits per heavy atom. The van der Waals surface area contributed by atoms with Gasteiger partial charge in [-0.3, -0.25) is 0 Å². The zero-order valence-corrected chi connectivity index (χ0v) is 7.67. The molecule has 0 fully saturated rings. The maximum Gasteiger partial charge on any atom is 0.0682 e. The highest BCUT2D eigenvalue weighted by molar-refractivity contribution is 5.50. The lowest BCUT2D eigenvalue weighted by molar-refractivity contribution is 0.282. The van der Waals surface area contributed by atoms with Crippen LogP contribution < -0.4 is 0 Å². The first-order valence-corrected chi connectivity index (χ1v) is 4.24. The number of benzene rings is 1. The zero-order valence-electron chi connectivity index (χ0n) is 7.67. The maximum atomic E-state index is 8.88. The third-order valence-corrected chi connectivity index (χ3v) is 1.69. The van der Waals surface area contributed by atoms with Crippen LogP contribution in [0, 0.1) is 0 Å². The zero-order chi connectivity index (χ0) is 10.2. The first kappa shape index (κ1) is 10.3. The van der Waals surface area contributed by atoms with Crippen molar-refractivity contribution in [1.29, 1.82) is 0 Å². The van der Waals surface area contributed by atoms with E-state index < -0.39 is 0 Å². The van der Waals surface area contributed by atoms with Crippen molar-refractivity contribution < 1.29 is 5.11 Å². The lowest BCUT2D eigenvalue weighted by Gasteiger charge is -1.97. The molecule has 1 aromatic rings. The van der Waals surface area contributed by atoms with E-state index in [1.807, 2.05) is 30.3 Å². The largest absolute Gasteiger partial charge is 0.392 e. The van der Waals surface area contributed by atoms with Gasteiger partial charge in [0.1, 0.15) is 0 Å². The van der Waals surface area contributed by atoms with Crippen molar-refractivity contribution in [2.75, 3.05) is 6.54 Å². The smallest absolute Gasteiger partial charge is 0.0682 e. The van der Waals surface area contributed by atoms with E-state index in [-0.39, 0.29) is 6.61 Å². The van der Waals surface area contributed by atoms with Crippen LogP contribution in [0.1, 0.15) is 11.1 Å². The molecule has 0 saturated heterocycles. The first-order valence-electron chi connectivity index (χ1n) is 4.24. The van der Waals surface area contributed by atoms with Crippen LogP contribution in [0.2, 0.25) is 0 Å². The van der Waals surface area contributed by atoms with Gasteiger partial charge in [0.25, 0.3) is 0 Å². The van der Waals surface area contributed by atoms with E-state index in [9.17, 15) is 0 Å². The fraction of sp³-hybridized carbons (Fsp3) is 0.200. The van der Waals surface area contributed by atoms with Crippen molar-refractivity contribution >= 4 is 6.08 Å². The van der Waals surface area contributed by atoms with Crippen LogP contribution in [-0.2, 0) is 6.61 Å². The van der Waals surface area contributed by atoms with E-state index >= 15 is 0 Å². The molecule has 0 atom stereocenters. The van der Waals surface area contributed by atoms with Crippen LogP contribution in [-0.4, -0.2) is 11.7 Å². The average Bonchev–Trinajstić information content (AvgIpc) is 2.25. The van der Waals surface area contributed by atoms with Crippen molar-refractivity contribution in [3.05, 3.63) is 51.9 Å². The van der Waals surface area contributed by atoms with Gasteiger partial charge in [-0.05, 0) is 22.7 Å². The Morgan fingerprint density at radius 2 is 2.36 bits per heavy atom. The highest BCUT2D eigenvalue weighted by Gasteiger charge is 1.89. The van der Waals surface area contributed by atoms with Crippen molar-refractivity contribution in [3.8, 4) is 0 Å². The molecule has 4 heteroatoms. The van der Waals surface area contributed by atoms with Crippen molar-refractivity contribution in [1.82, 2.24) is 0 Å². The summed E-state index contributed by atoms with van der Waals surface area (Å²) in [6.07, 6.45) is 3.63. The molecule has 0 saturated carbocycles. The van der Waals surface area contributed by atoms with E-state index in [1.165, 1.54) is 0 Å². The molecule has 0 unspecified atom stereocenters. The normalized spacial score (nSPS) is 10.1. The fourth-order valence-corrected chi connectivity index (χ4v) is 1.07. The number of hydrogen-bond acceptors (Lipinski definition) is 2. The molecule has 14 heavy (non-hydrogen) atoms. The summed E-state index contributed by atoms with van der Waals surface area (Å²) in [7, 11) is 0. The topological polar surface area (TPSA) is 69.0 Å². The first-order chi connectivity index (χ1) is 6.86. The van der Waals surface area contributed by atoms with E-state index in [0.717, 1.165) is 11.1 Å². The van der Waals surface area contributed by atoms with E-state index in [2.05, 4.69) is 10.0 Å². The molecule has 1 aromatic carbocycles. The summed E-state index contributed by atoms with van der Waals surface area (Å²) in [5.74, 6) is 0. The third-order valence-electron chi connectivity index (χ3n) is 1.69. The highest BCUT2D eigenvalue weighted by Crippen LogP contribution is 2.06. The van der Waals surface area contributed by atoms with Crippen LogP contribution in [0.25, 0.3) is 16.5 Å².